The highest BCUT2D eigenvalue weighted by molar-refractivity contribution is 5.63. The molecule has 1 saturated heterocycles. The molecule has 1 fully saturated rings. The molecule has 6 nitrogen and oxygen atoms in total. The lowest BCUT2D eigenvalue weighted by Gasteiger charge is -2.30. The van der Waals surface area contributed by atoms with E-state index in [9.17, 15) is 26.3 Å². The molecule has 0 spiro atoms. The maximum atomic E-state index is 13.0. The van der Waals surface area contributed by atoms with Crippen molar-refractivity contribution in [1.82, 2.24) is 25.0 Å². The fraction of sp³-hybridized carbons (Fsp3) is 0.370. The minimum atomic E-state index is -4.46. The minimum Gasteiger partial charge on any atom is -0.345 e. The van der Waals surface area contributed by atoms with Crippen LogP contribution in [0.5, 0.6) is 0 Å². The van der Waals surface area contributed by atoms with Crippen LogP contribution in [0, 0.1) is 0 Å². The van der Waals surface area contributed by atoms with E-state index in [0.29, 0.717) is 30.0 Å². The van der Waals surface area contributed by atoms with Crippen LogP contribution in [-0.2, 0) is 25.3 Å². The number of H-pyrrole nitrogens is 1. The number of hydrogen-bond acceptors (Lipinski definition) is 5. The van der Waals surface area contributed by atoms with E-state index in [2.05, 4.69) is 20.0 Å². The van der Waals surface area contributed by atoms with Crippen LogP contribution in [-0.4, -0.2) is 38.1 Å². The number of nitrogens with one attached hydrogen (secondary N) is 1. The smallest absolute Gasteiger partial charge is 0.345 e. The number of imidazole rings is 1. The Kier molecular flexibility index (Phi) is 7.23. The molecule has 2 aromatic carbocycles. The van der Waals surface area contributed by atoms with E-state index in [4.69, 9.17) is 9.51 Å². The molecule has 2 aromatic heterocycles. The summed E-state index contributed by atoms with van der Waals surface area (Å²) in [5.74, 6) is 1.38. The van der Waals surface area contributed by atoms with Crippen LogP contribution in [0.4, 0.5) is 26.3 Å². The number of likely N-dealkylation sites (tertiary alicyclic amines) is 1. The summed E-state index contributed by atoms with van der Waals surface area (Å²) in [6, 6.07) is 9.79. The second-order valence-corrected chi connectivity index (χ2v) is 9.52. The van der Waals surface area contributed by atoms with Gasteiger partial charge in [-0.1, -0.05) is 30.3 Å². The standard InChI is InChI=1S/C27H25F6N5O/c1-2-21-23(16-6-8-19(9-7-16)26(28,29)30)36-24(34-21)17-10-12-38(13-11-17)15-22-35-25(39-37-22)18-4-3-5-20(14-18)27(31,32)33/h3-9,14,17H,2,10-13,15H2,1H3,(H,34,36). The number of aromatic nitrogens is 4. The van der Waals surface area contributed by atoms with Crippen molar-refractivity contribution in [1.29, 1.82) is 0 Å². The average Bonchev–Trinajstić information content (AvgIpc) is 3.56. The van der Waals surface area contributed by atoms with Gasteiger partial charge in [0.15, 0.2) is 5.82 Å². The van der Waals surface area contributed by atoms with Crippen LogP contribution < -0.4 is 0 Å². The highest BCUT2D eigenvalue weighted by Gasteiger charge is 2.32. The highest BCUT2D eigenvalue weighted by atomic mass is 19.4. The summed E-state index contributed by atoms with van der Waals surface area (Å²) in [5, 5.41) is 3.94. The van der Waals surface area contributed by atoms with Crippen molar-refractivity contribution >= 4 is 0 Å². The van der Waals surface area contributed by atoms with Gasteiger partial charge in [-0.05, 0) is 62.7 Å². The monoisotopic (exact) mass is 549 g/mol. The normalized spacial score (nSPS) is 15.7. The van der Waals surface area contributed by atoms with Gasteiger partial charge in [0.2, 0.25) is 0 Å². The van der Waals surface area contributed by atoms with Gasteiger partial charge in [0, 0.05) is 22.7 Å². The van der Waals surface area contributed by atoms with Crippen molar-refractivity contribution in [3.8, 4) is 22.7 Å². The number of piperidine rings is 1. The van der Waals surface area contributed by atoms with Gasteiger partial charge >= 0.3 is 12.4 Å². The number of rotatable bonds is 6. The largest absolute Gasteiger partial charge is 0.416 e. The molecule has 39 heavy (non-hydrogen) atoms. The number of nitrogens with zero attached hydrogens (tertiary/aromatic N) is 4. The summed E-state index contributed by atoms with van der Waals surface area (Å²) in [5.41, 5.74) is 0.895. The van der Waals surface area contributed by atoms with E-state index in [1.54, 1.807) is 0 Å². The summed E-state index contributed by atoms with van der Waals surface area (Å²) in [6.45, 7) is 3.79. The minimum absolute atomic E-state index is 0.0319. The first-order valence-electron chi connectivity index (χ1n) is 12.5. The van der Waals surface area contributed by atoms with Crippen LogP contribution in [0.3, 0.4) is 0 Å². The first-order valence-corrected chi connectivity index (χ1v) is 12.5. The number of halogens is 6. The zero-order valence-corrected chi connectivity index (χ0v) is 20.9. The van der Waals surface area contributed by atoms with Crippen molar-refractivity contribution in [2.75, 3.05) is 13.1 Å². The van der Waals surface area contributed by atoms with Crippen LogP contribution in [0.25, 0.3) is 22.7 Å². The van der Waals surface area contributed by atoms with Gasteiger partial charge in [0.05, 0.1) is 23.4 Å². The van der Waals surface area contributed by atoms with Crippen LogP contribution in [0.2, 0.25) is 0 Å². The van der Waals surface area contributed by atoms with E-state index in [-0.39, 0.29) is 17.4 Å². The molecule has 4 aromatic rings. The third-order valence-electron chi connectivity index (χ3n) is 6.88. The van der Waals surface area contributed by atoms with Crippen LogP contribution in [0.1, 0.15) is 54.2 Å². The van der Waals surface area contributed by atoms with Gasteiger partial charge in [-0.15, -0.1) is 0 Å². The lowest BCUT2D eigenvalue weighted by molar-refractivity contribution is -0.138. The second kappa shape index (κ2) is 10.5. The molecule has 0 amide bonds. The number of benzene rings is 2. The first-order chi connectivity index (χ1) is 18.5. The SMILES string of the molecule is CCc1[nH]c(C2CCN(Cc3noc(-c4cccc(C(F)(F)F)c4)n3)CC2)nc1-c1ccc(C(F)(F)F)cc1. The fourth-order valence-corrected chi connectivity index (χ4v) is 4.76. The predicted molar refractivity (Wildman–Crippen MR) is 130 cm³/mol. The van der Waals surface area contributed by atoms with E-state index in [0.717, 1.165) is 61.7 Å². The molecule has 0 atom stereocenters. The van der Waals surface area contributed by atoms with Crippen LogP contribution in [0.15, 0.2) is 53.1 Å². The Morgan fingerprint density at radius 3 is 2.23 bits per heavy atom. The maximum absolute atomic E-state index is 13.0. The lowest BCUT2D eigenvalue weighted by Crippen LogP contribution is -2.33. The Morgan fingerprint density at radius 2 is 1.59 bits per heavy atom. The van der Waals surface area contributed by atoms with Gasteiger partial charge in [0.25, 0.3) is 5.89 Å². The van der Waals surface area contributed by atoms with E-state index >= 15 is 0 Å². The van der Waals surface area contributed by atoms with Crippen molar-refractivity contribution in [2.45, 2.75) is 51.0 Å². The van der Waals surface area contributed by atoms with Gasteiger partial charge in [-0.2, -0.15) is 31.3 Å². The number of hydrogen-bond donors (Lipinski definition) is 1. The molecule has 0 radical (unpaired) electrons. The molecular formula is C27H25F6N5O. The third-order valence-corrected chi connectivity index (χ3v) is 6.88. The van der Waals surface area contributed by atoms with Crippen molar-refractivity contribution in [3.63, 3.8) is 0 Å². The van der Waals surface area contributed by atoms with Crippen LogP contribution >= 0.6 is 0 Å². The molecular weight excluding hydrogens is 524 g/mol. The van der Waals surface area contributed by atoms with E-state index < -0.39 is 23.5 Å². The summed E-state index contributed by atoms with van der Waals surface area (Å²) in [6.07, 6.45) is -6.61. The molecule has 0 saturated carbocycles. The molecule has 3 heterocycles. The quantitative estimate of drug-likeness (QED) is 0.260. The molecule has 0 aliphatic carbocycles. The molecule has 0 bridgehead atoms. The summed E-state index contributed by atoms with van der Waals surface area (Å²) >= 11 is 0. The Hall–Kier alpha value is -3.67. The second-order valence-electron chi connectivity index (χ2n) is 9.52. The van der Waals surface area contributed by atoms with Gasteiger partial charge < -0.3 is 9.51 Å². The molecule has 1 aliphatic rings. The molecule has 5 rings (SSSR count). The van der Waals surface area contributed by atoms with Gasteiger partial charge in [0.1, 0.15) is 5.82 Å². The van der Waals surface area contributed by atoms with Gasteiger partial charge in [-0.3, -0.25) is 4.90 Å². The Balaban J connectivity index is 1.22. The summed E-state index contributed by atoms with van der Waals surface area (Å²) in [7, 11) is 0. The Morgan fingerprint density at radius 1 is 0.897 bits per heavy atom. The fourth-order valence-electron chi connectivity index (χ4n) is 4.76. The molecule has 1 aliphatic heterocycles. The molecule has 0 unspecified atom stereocenters. The lowest BCUT2D eigenvalue weighted by atomic mass is 9.96. The van der Waals surface area contributed by atoms with E-state index in [1.807, 2.05) is 6.92 Å². The molecule has 206 valence electrons. The van der Waals surface area contributed by atoms with Crippen molar-refractivity contribution in [2.24, 2.45) is 0 Å². The third kappa shape index (κ3) is 6.00. The molecule has 12 heteroatoms. The Labute approximate surface area is 220 Å². The Bertz CT molecular complexity index is 1420. The number of aryl methyl sites for hydroxylation is 1. The summed E-state index contributed by atoms with van der Waals surface area (Å²) in [4.78, 5) is 14.6. The number of aromatic amines is 1. The number of alkyl halides is 6. The zero-order valence-electron chi connectivity index (χ0n) is 20.9. The van der Waals surface area contributed by atoms with Crippen molar-refractivity contribution < 1.29 is 30.9 Å². The molecule has 1 N–H and O–H groups in total. The zero-order chi connectivity index (χ0) is 27.8. The average molecular weight is 550 g/mol. The van der Waals surface area contributed by atoms with Gasteiger partial charge in [-0.25, -0.2) is 4.98 Å². The maximum Gasteiger partial charge on any atom is 0.416 e. The first kappa shape index (κ1) is 26.9. The van der Waals surface area contributed by atoms with Crippen molar-refractivity contribution in [3.05, 3.63) is 77.0 Å². The predicted octanol–water partition coefficient (Wildman–Crippen LogP) is 7.11. The van der Waals surface area contributed by atoms with E-state index in [1.165, 1.54) is 24.3 Å². The highest BCUT2D eigenvalue weighted by Crippen LogP contribution is 2.34. The summed E-state index contributed by atoms with van der Waals surface area (Å²) < 4.78 is 83.1. The topological polar surface area (TPSA) is 70.8 Å².